The molecule has 0 atom stereocenters. The second-order valence-electron chi connectivity index (χ2n) is 3.63. The maximum atomic E-state index is 13.0. The van der Waals surface area contributed by atoms with Gasteiger partial charge in [-0.3, -0.25) is 4.79 Å². The summed E-state index contributed by atoms with van der Waals surface area (Å²) in [5.74, 6) is -1.71. The van der Waals surface area contributed by atoms with Crippen LogP contribution in [0.15, 0.2) is 18.2 Å². The second-order valence-corrected chi connectivity index (χ2v) is 3.63. The Kier molecular flexibility index (Phi) is 5.11. The summed E-state index contributed by atoms with van der Waals surface area (Å²) in [5, 5.41) is 10.4. The molecule has 0 aliphatic rings. The van der Waals surface area contributed by atoms with Gasteiger partial charge in [-0.15, -0.1) is 0 Å². The predicted molar refractivity (Wildman–Crippen MR) is 56.9 cm³/mol. The molecule has 0 aliphatic carbocycles. The van der Waals surface area contributed by atoms with Crippen molar-refractivity contribution in [1.82, 2.24) is 5.32 Å². The lowest BCUT2D eigenvalue weighted by Gasteiger charge is -2.10. The SMILES string of the molecule is O=C(COc1cc(F)cc(CO)c1)NCC(F)(F)F. The molecular formula is C11H11F4NO3. The second kappa shape index (κ2) is 6.37. The van der Waals surface area contributed by atoms with Crippen LogP contribution in [0.4, 0.5) is 17.6 Å². The molecule has 4 nitrogen and oxygen atoms in total. The summed E-state index contributed by atoms with van der Waals surface area (Å²) in [6, 6.07) is 3.30. The van der Waals surface area contributed by atoms with Crippen LogP contribution in [0.1, 0.15) is 5.56 Å². The number of hydrogen-bond acceptors (Lipinski definition) is 3. The van der Waals surface area contributed by atoms with Crippen LogP contribution in [0.2, 0.25) is 0 Å². The Hall–Kier alpha value is -1.83. The molecule has 0 spiro atoms. The van der Waals surface area contributed by atoms with Gasteiger partial charge in [0.1, 0.15) is 18.1 Å². The van der Waals surface area contributed by atoms with Crippen LogP contribution >= 0.6 is 0 Å². The molecule has 0 heterocycles. The van der Waals surface area contributed by atoms with Gasteiger partial charge in [-0.25, -0.2) is 4.39 Å². The minimum Gasteiger partial charge on any atom is -0.484 e. The van der Waals surface area contributed by atoms with Gasteiger partial charge in [-0.1, -0.05) is 0 Å². The van der Waals surface area contributed by atoms with Crippen LogP contribution in [0.3, 0.4) is 0 Å². The van der Waals surface area contributed by atoms with Crippen LogP contribution in [-0.2, 0) is 11.4 Å². The number of halogens is 4. The molecule has 8 heteroatoms. The van der Waals surface area contributed by atoms with E-state index in [0.29, 0.717) is 0 Å². The summed E-state index contributed by atoms with van der Waals surface area (Å²) >= 11 is 0. The first kappa shape index (κ1) is 15.2. The third kappa shape index (κ3) is 6.05. The number of ether oxygens (including phenoxy) is 1. The van der Waals surface area contributed by atoms with E-state index in [1.807, 2.05) is 0 Å². The molecule has 0 unspecified atom stereocenters. The number of amides is 1. The van der Waals surface area contributed by atoms with Crippen LogP contribution in [0.25, 0.3) is 0 Å². The normalized spacial score (nSPS) is 11.2. The van der Waals surface area contributed by atoms with Crippen LogP contribution in [-0.4, -0.2) is 30.3 Å². The fourth-order valence-electron chi connectivity index (χ4n) is 1.19. The Labute approximate surface area is 106 Å². The highest BCUT2D eigenvalue weighted by atomic mass is 19.4. The summed E-state index contributed by atoms with van der Waals surface area (Å²) in [6.07, 6.45) is -4.50. The van der Waals surface area contributed by atoms with Gasteiger partial charge >= 0.3 is 6.18 Å². The first-order valence-electron chi connectivity index (χ1n) is 5.17. The first-order valence-corrected chi connectivity index (χ1v) is 5.17. The monoisotopic (exact) mass is 281 g/mol. The fourth-order valence-corrected chi connectivity index (χ4v) is 1.19. The molecule has 0 bridgehead atoms. The smallest absolute Gasteiger partial charge is 0.405 e. The van der Waals surface area contributed by atoms with Gasteiger partial charge in [-0.05, 0) is 17.7 Å². The zero-order valence-corrected chi connectivity index (χ0v) is 9.63. The third-order valence-corrected chi connectivity index (χ3v) is 1.97. The number of aliphatic hydroxyl groups is 1. The van der Waals surface area contributed by atoms with Gasteiger partial charge in [0.25, 0.3) is 5.91 Å². The van der Waals surface area contributed by atoms with E-state index in [-0.39, 0.29) is 11.3 Å². The van der Waals surface area contributed by atoms with Gasteiger partial charge in [0.15, 0.2) is 6.61 Å². The van der Waals surface area contributed by atoms with Crippen molar-refractivity contribution in [2.45, 2.75) is 12.8 Å². The molecule has 1 amide bonds. The highest BCUT2D eigenvalue weighted by Crippen LogP contribution is 2.16. The molecule has 2 N–H and O–H groups in total. The van der Waals surface area contributed by atoms with Gasteiger partial charge < -0.3 is 15.2 Å². The Morgan fingerprint density at radius 3 is 2.58 bits per heavy atom. The minimum absolute atomic E-state index is 0.0498. The molecule has 1 aromatic rings. The van der Waals surface area contributed by atoms with Crippen LogP contribution in [0.5, 0.6) is 5.75 Å². The lowest BCUT2D eigenvalue weighted by atomic mass is 10.2. The van der Waals surface area contributed by atoms with Crippen molar-refractivity contribution in [3.8, 4) is 5.75 Å². The highest BCUT2D eigenvalue weighted by Gasteiger charge is 2.27. The van der Waals surface area contributed by atoms with Crippen molar-refractivity contribution in [2.24, 2.45) is 0 Å². The molecule has 1 aromatic carbocycles. The van der Waals surface area contributed by atoms with Gasteiger partial charge in [0, 0.05) is 6.07 Å². The van der Waals surface area contributed by atoms with Gasteiger partial charge in [-0.2, -0.15) is 13.2 Å². The van der Waals surface area contributed by atoms with Gasteiger partial charge in [0.2, 0.25) is 0 Å². The predicted octanol–water partition coefficient (Wildman–Crippen LogP) is 1.38. The number of carbonyl (C=O) groups excluding carboxylic acids is 1. The standard InChI is InChI=1S/C11H11F4NO3/c12-8-1-7(4-17)2-9(3-8)19-5-10(18)16-6-11(13,14)15/h1-3,17H,4-6H2,(H,16,18). The largest absolute Gasteiger partial charge is 0.484 e. The molecule has 0 aromatic heterocycles. The lowest BCUT2D eigenvalue weighted by molar-refractivity contribution is -0.139. The average Bonchev–Trinajstić information content (AvgIpc) is 2.32. The minimum atomic E-state index is -4.50. The molecule has 0 saturated carbocycles. The topological polar surface area (TPSA) is 58.6 Å². The number of rotatable bonds is 5. The van der Waals surface area contributed by atoms with E-state index in [0.717, 1.165) is 12.1 Å². The Morgan fingerprint density at radius 2 is 2.00 bits per heavy atom. The van der Waals surface area contributed by atoms with Crippen molar-refractivity contribution in [2.75, 3.05) is 13.2 Å². The van der Waals surface area contributed by atoms with Crippen molar-refractivity contribution in [1.29, 1.82) is 0 Å². The summed E-state index contributed by atoms with van der Waals surface area (Å²) in [5.41, 5.74) is 0.227. The van der Waals surface area contributed by atoms with Gasteiger partial charge in [0.05, 0.1) is 6.61 Å². The molecule has 0 radical (unpaired) electrons. The molecular weight excluding hydrogens is 270 g/mol. The van der Waals surface area contributed by atoms with Crippen molar-refractivity contribution < 1.29 is 32.2 Å². The molecule has 0 saturated heterocycles. The number of carbonyl (C=O) groups is 1. The van der Waals surface area contributed by atoms with Crippen molar-refractivity contribution in [3.63, 3.8) is 0 Å². The summed E-state index contributed by atoms with van der Waals surface area (Å²) in [4.78, 5) is 11.0. The Balaban J connectivity index is 2.48. The summed E-state index contributed by atoms with van der Waals surface area (Å²) in [7, 11) is 0. The lowest BCUT2D eigenvalue weighted by Crippen LogP contribution is -2.36. The van der Waals surface area contributed by atoms with E-state index in [4.69, 9.17) is 9.84 Å². The summed E-state index contributed by atoms with van der Waals surface area (Å²) < 4.78 is 53.2. The molecule has 1 rings (SSSR count). The van der Waals surface area contributed by atoms with E-state index >= 15 is 0 Å². The fraction of sp³-hybridized carbons (Fsp3) is 0.364. The summed E-state index contributed by atoms with van der Waals surface area (Å²) in [6.45, 7) is -2.56. The number of benzene rings is 1. The van der Waals surface area contributed by atoms with E-state index in [1.165, 1.54) is 6.07 Å². The third-order valence-electron chi connectivity index (χ3n) is 1.97. The number of alkyl halides is 3. The van der Waals surface area contributed by atoms with E-state index in [2.05, 4.69) is 0 Å². The molecule has 0 aliphatic heterocycles. The Bertz CT molecular complexity index is 448. The number of hydrogen-bond donors (Lipinski definition) is 2. The van der Waals surface area contributed by atoms with Crippen molar-refractivity contribution in [3.05, 3.63) is 29.6 Å². The quantitative estimate of drug-likeness (QED) is 0.802. The van der Waals surface area contributed by atoms with E-state index in [1.54, 1.807) is 5.32 Å². The maximum absolute atomic E-state index is 13.0. The molecule has 106 valence electrons. The Morgan fingerprint density at radius 1 is 1.32 bits per heavy atom. The molecule has 0 fully saturated rings. The zero-order chi connectivity index (χ0) is 14.5. The molecule has 19 heavy (non-hydrogen) atoms. The van der Waals surface area contributed by atoms with Crippen LogP contribution in [0, 0.1) is 5.82 Å². The van der Waals surface area contributed by atoms with Crippen LogP contribution < -0.4 is 10.1 Å². The maximum Gasteiger partial charge on any atom is 0.405 e. The average molecular weight is 281 g/mol. The zero-order valence-electron chi connectivity index (χ0n) is 9.63. The van der Waals surface area contributed by atoms with E-state index in [9.17, 15) is 22.4 Å². The highest BCUT2D eigenvalue weighted by molar-refractivity contribution is 5.77. The van der Waals surface area contributed by atoms with Crippen molar-refractivity contribution >= 4 is 5.91 Å². The van der Waals surface area contributed by atoms with E-state index < -0.39 is 37.7 Å². The number of nitrogens with one attached hydrogen (secondary N) is 1. The number of aliphatic hydroxyl groups excluding tert-OH is 1. The first-order chi connectivity index (χ1) is 8.80.